The third-order valence-electron chi connectivity index (χ3n) is 5.38. The van der Waals surface area contributed by atoms with Crippen molar-refractivity contribution in [2.45, 2.75) is 57.8 Å². The number of alkyl halides is 1. The lowest BCUT2D eigenvalue weighted by Gasteiger charge is -2.28. The number of methoxy groups -OCH3 is 1. The van der Waals surface area contributed by atoms with Crippen LogP contribution >= 0.6 is 34.8 Å². The third kappa shape index (κ3) is 8.44. The number of benzene rings is 2. The molecule has 2 rings (SSSR count). The number of halogens is 3. The van der Waals surface area contributed by atoms with Crippen LogP contribution in [-0.4, -0.2) is 50.0 Å². The Balaban J connectivity index is 2.16. The van der Waals surface area contributed by atoms with E-state index in [9.17, 15) is 9.59 Å². The Labute approximate surface area is 226 Å². The van der Waals surface area contributed by atoms with Crippen molar-refractivity contribution in [1.82, 2.24) is 0 Å². The molecule has 7 nitrogen and oxygen atoms in total. The highest BCUT2D eigenvalue weighted by molar-refractivity contribution is 6.32. The maximum atomic E-state index is 11.3. The van der Waals surface area contributed by atoms with E-state index in [1.165, 1.54) is 21.0 Å². The van der Waals surface area contributed by atoms with Gasteiger partial charge in [0.1, 0.15) is 24.2 Å². The SMILES string of the molecule is COCC(COc1ccc(C(C)(C)c2ccc(O[C@@H](Cl)C(C)OC(C)=O)c(Cl)c2)cc1Cl)OC(C)=O. The van der Waals surface area contributed by atoms with Crippen LogP contribution in [-0.2, 0) is 29.2 Å². The normalized spacial score (nSPS) is 13.9. The third-order valence-corrected chi connectivity index (χ3v) is 6.41. The van der Waals surface area contributed by atoms with Crippen molar-refractivity contribution < 1.29 is 33.3 Å². The van der Waals surface area contributed by atoms with Gasteiger partial charge < -0.3 is 23.7 Å². The highest BCUT2D eigenvalue weighted by atomic mass is 35.5. The Hall–Kier alpha value is -2.19. The van der Waals surface area contributed by atoms with E-state index in [1.54, 1.807) is 25.1 Å². The molecule has 198 valence electrons. The molecule has 10 heteroatoms. The number of carbonyl (C=O) groups is 2. The molecule has 0 saturated heterocycles. The molecule has 0 aliphatic heterocycles. The average molecular weight is 562 g/mol. The molecule has 0 heterocycles. The first-order valence-corrected chi connectivity index (χ1v) is 12.4. The van der Waals surface area contributed by atoms with Gasteiger partial charge in [-0.1, -0.05) is 60.8 Å². The van der Waals surface area contributed by atoms with E-state index in [2.05, 4.69) is 0 Å². The minimum absolute atomic E-state index is 0.102. The molecule has 0 aromatic heterocycles. The molecule has 0 amide bonds. The monoisotopic (exact) mass is 560 g/mol. The van der Waals surface area contributed by atoms with Crippen molar-refractivity contribution >= 4 is 46.7 Å². The molecule has 2 aromatic rings. The molecule has 0 saturated carbocycles. The van der Waals surface area contributed by atoms with Gasteiger partial charge in [-0.2, -0.15) is 0 Å². The molecule has 0 aliphatic rings. The summed E-state index contributed by atoms with van der Waals surface area (Å²) in [5.41, 5.74) is 0.475. The minimum Gasteiger partial charge on any atom is -0.488 e. The van der Waals surface area contributed by atoms with Gasteiger partial charge in [-0.05, 0) is 42.3 Å². The number of hydrogen-bond acceptors (Lipinski definition) is 7. The van der Waals surface area contributed by atoms with Gasteiger partial charge in [-0.25, -0.2) is 0 Å². The van der Waals surface area contributed by atoms with Gasteiger partial charge in [0.2, 0.25) is 5.56 Å². The lowest BCUT2D eigenvalue weighted by atomic mass is 9.78. The molecule has 0 aliphatic carbocycles. The summed E-state index contributed by atoms with van der Waals surface area (Å²) in [6.45, 7) is 8.64. The number of esters is 2. The first-order valence-electron chi connectivity index (χ1n) is 11.2. The Morgan fingerprint density at radius 2 is 1.42 bits per heavy atom. The van der Waals surface area contributed by atoms with Crippen LogP contribution < -0.4 is 9.47 Å². The van der Waals surface area contributed by atoms with E-state index in [-0.39, 0.29) is 13.2 Å². The summed E-state index contributed by atoms with van der Waals surface area (Å²) < 4.78 is 26.7. The molecule has 0 bridgehead atoms. The van der Waals surface area contributed by atoms with E-state index in [4.69, 9.17) is 58.5 Å². The number of rotatable bonds is 12. The summed E-state index contributed by atoms with van der Waals surface area (Å²) in [5, 5.41) is 0.775. The van der Waals surface area contributed by atoms with E-state index >= 15 is 0 Å². The quantitative estimate of drug-likeness (QED) is 0.226. The molecule has 2 aromatic carbocycles. The lowest BCUT2D eigenvalue weighted by molar-refractivity contribution is -0.150. The van der Waals surface area contributed by atoms with Crippen molar-refractivity contribution in [2.24, 2.45) is 0 Å². The first kappa shape index (κ1) is 30.0. The van der Waals surface area contributed by atoms with Crippen LogP contribution in [0.25, 0.3) is 0 Å². The van der Waals surface area contributed by atoms with Crippen LogP contribution in [0, 0.1) is 0 Å². The van der Waals surface area contributed by atoms with Gasteiger partial charge in [0.05, 0.1) is 16.7 Å². The molecule has 0 radical (unpaired) electrons. The molecule has 0 N–H and O–H groups in total. The van der Waals surface area contributed by atoms with Crippen LogP contribution in [0.2, 0.25) is 10.0 Å². The topological polar surface area (TPSA) is 80.3 Å². The average Bonchev–Trinajstić information content (AvgIpc) is 2.78. The van der Waals surface area contributed by atoms with Gasteiger partial charge in [-0.3, -0.25) is 9.59 Å². The van der Waals surface area contributed by atoms with E-state index < -0.39 is 35.1 Å². The summed E-state index contributed by atoms with van der Waals surface area (Å²) >= 11 is 19.2. The van der Waals surface area contributed by atoms with E-state index in [1.807, 2.05) is 32.0 Å². The second-order valence-electron chi connectivity index (χ2n) is 8.70. The number of carbonyl (C=O) groups excluding carboxylic acids is 2. The summed E-state index contributed by atoms with van der Waals surface area (Å²) in [4.78, 5) is 22.4. The maximum absolute atomic E-state index is 11.3. The zero-order valence-corrected chi connectivity index (χ0v) is 23.4. The fraction of sp³-hybridized carbons (Fsp3) is 0.462. The Bertz CT molecular complexity index is 1060. The van der Waals surface area contributed by atoms with Crippen LogP contribution in [0.3, 0.4) is 0 Å². The molecular formula is C26H31Cl3O7. The van der Waals surface area contributed by atoms with Crippen molar-refractivity contribution in [3.63, 3.8) is 0 Å². The van der Waals surface area contributed by atoms with Crippen LogP contribution in [0.15, 0.2) is 36.4 Å². The number of ether oxygens (including phenoxy) is 5. The highest BCUT2D eigenvalue weighted by Gasteiger charge is 2.26. The molecular weight excluding hydrogens is 531 g/mol. The van der Waals surface area contributed by atoms with Gasteiger partial charge in [-0.15, -0.1) is 0 Å². The molecule has 0 fully saturated rings. The largest absolute Gasteiger partial charge is 0.488 e. The number of hydrogen-bond donors (Lipinski definition) is 0. The second-order valence-corrected chi connectivity index (χ2v) is 9.94. The first-order chi connectivity index (χ1) is 16.8. The van der Waals surface area contributed by atoms with Crippen LogP contribution in [0.1, 0.15) is 45.7 Å². The smallest absolute Gasteiger partial charge is 0.303 e. The summed E-state index contributed by atoms with van der Waals surface area (Å²) in [5.74, 6) is -0.0368. The summed E-state index contributed by atoms with van der Waals surface area (Å²) in [6.07, 6.45) is -1.20. The molecule has 36 heavy (non-hydrogen) atoms. The van der Waals surface area contributed by atoms with Crippen molar-refractivity contribution in [1.29, 1.82) is 0 Å². The molecule has 3 atom stereocenters. The van der Waals surface area contributed by atoms with E-state index in [0.29, 0.717) is 21.5 Å². The van der Waals surface area contributed by atoms with E-state index in [0.717, 1.165) is 11.1 Å². The zero-order chi connectivity index (χ0) is 27.0. The minimum atomic E-state index is -0.902. The van der Waals surface area contributed by atoms with Crippen LogP contribution in [0.4, 0.5) is 0 Å². The Morgan fingerprint density at radius 3 is 1.89 bits per heavy atom. The molecule has 0 spiro atoms. The van der Waals surface area contributed by atoms with Gasteiger partial charge in [0.25, 0.3) is 0 Å². The van der Waals surface area contributed by atoms with Crippen molar-refractivity contribution in [2.75, 3.05) is 20.3 Å². The van der Waals surface area contributed by atoms with Gasteiger partial charge >= 0.3 is 11.9 Å². The standard InChI is InChI=1S/C26H31Cl3O7/c1-15(34-16(2)30)25(29)36-24-10-8-19(12-22(24)28)26(4,5)18-7-9-23(21(27)11-18)33-14-20(13-32-6)35-17(3)31/h7-12,15,20,25H,13-14H2,1-6H3/t15?,20?,25-/m1/s1. The Morgan fingerprint density at radius 1 is 0.889 bits per heavy atom. The molecule has 2 unspecified atom stereocenters. The summed E-state index contributed by atoms with van der Waals surface area (Å²) in [6, 6.07) is 10.9. The highest BCUT2D eigenvalue weighted by Crippen LogP contribution is 2.39. The summed E-state index contributed by atoms with van der Waals surface area (Å²) in [7, 11) is 1.52. The predicted molar refractivity (Wildman–Crippen MR) is 139 cm³/mol. The lowest BCUT2D eigenvalue weighted by Crippen LogP contribution is -2.28. The van der Waals surface area contributed by atoms with Crippen LogP contribution in [0.5, 0.6) is 11.5 Å². The fourth-order valence-corrected chi connectivity index (χ4v) is 4.02. The Kier molecular flexibility index (Phi) is 11.2. The van der Waals surface area contributed by atoms with Gasteiger partial charge in [0.15, 0.2) is 6.10 Å². The second kappa shape index (κ2) is 13.4. The maximum Gasteiger partial charge on any atom is 0.303 e. The van der Waals surface area contributed by atoms with Crippen molar-refractivity contribution in [3.05, 3.63) is 57.6 Å². The zero-order valence-electron chi connectivity index (χ0n) is 21.1. The fourth-order valence-electron chi connectivity index (χ4n) is 3.41. The van der Waals surface area contributed by atoms with Crippen molar-refractivity contribution in [3.8, 4) is 11.5 Å². The predicted octanol–water partition coefficient (Wildman–Crippen LogP) is 6.17. The van der Waals surface area contributed by atoms with Gasteiger partial charge in [0, 0.05) is 26.4 Å².